The molecule has 1 saturated carbocycles. The summed E-state index contributed by atoms with van der Waals surface area (Å²) in [6.45, 7) is 3.63. The monoisotopic (exact) mass is 444 g/mol. The standard InChI is InChI=1S/C18H14F3N5O.C4H9N/c1-8-15(9(2)27-26-8)10-3-4-11-12(6-23-14(11)5-10)16-13(18(19,20)21)7-24-17(22)25-16;5-4-2-1-3-4/h3-7,23H,1-2H3,(H2,22,24,25);4H,1-3,5H2. The van der Waals surface area contributed by atoms with Gasteiger partial charge in [-0.2, -0.15) is 13.2 Å². The number of hydrogen-bond donors (Lipinski definition) is 3. The van der Waals surface area contributed by atoms with Crippen LogP contribution < -0.4 is 11.5 Å². The van der Waals surface area contributed by atoms with E-state index in [9.17, 15) is 13.2 Å². The molecular formula is C22H23F3N6O. The molecule has 32 heavy (non-hydrogen) atoms. The number of halogens is 3. The van der Waals surface area contributed by atoms with Crippen LogP contribution in [0.15, 0.2) is 35.1 Å². The van der Waals surface area contributed by atoms with Crippen molar-refractivity contribution in [2.24, 2.45) is 5.73 Å². The van der Waals surface area contributed by atoms with Gasteiger partial charge in [0.25, 0.3) is 0 Å². The van der Waals surface area contributed by atoms with Gasteiger partial charge in [0.15, 0.2) is 0 Å². The predicted molar refractivity (Wildman–Crippen MR) is 116 cm³/mol. The van der Waals surface area contributed by atoms with Crippen molar-refractivity contribution in [1.82, 2.24) is 20.1 Å². The molecule has 0 unspecified atom stereocenters. The van der Waals surface area contributed by atoms with E-state index in [1.807, 2.05) is 19.1 Å². The summed E-state index contributed by atoms with van der Waals surface area (Å²) in [7, 11) is 0. The molecule has 5 rings (SSSR count). The minimum atomic E-state index is -4.59. The summed E-state index contributed by atoms with van der Waals surface area (Å²) in [4.78, 5) is 10.3. The molecule has 1 aliphatic rings. The highest BCUT2D eigenvalue weighted by Gasteiger charge is 2.36. The zero-order chi connectivity index (χ0) is 23.0. The molecule has 5 N–H and O–H groups in total. The molecule has 0 amide bonds. The van der Waals surface area contributed by atoms with Crippen molar-refractivity contribution in [3.05, 3.63) is 47.6 Å². The Kier molecular flexibility index (Phi) is 5.64. The van der Waals surface area contributed by atoms with Gasteiger partial charge >= 0.3 is 6.18 Å². The summed E-state index contributed by atoms with van der Waals surface area (Å²) in [6.07, 6.45) is 1.48. The van der Waals surface area contributed by atoms with Crippen LogP contribution in [0.25, 0.3) is 33.3 Å². The lowest BCUT2D eigenvalue weighted by molar-refractivity contribution is -0.137. The Labute approximate surface area is 182 Å². The Morgan fingerprint density at radius 2 is 1.91 bits per heavy atom. The zero-order valence-corrected chi connectivity index (χ0v) is 17.6. The topological polar surface area (TPSA) is 120 Å². The lowest BCUT2D eigenvalue weighted by Crippen LogP contribution is -2.27. The highest BCUT2D eigenvalue weighted by molar-refractivity contribution is 5.97. The first-order valence-corrected chi connectivity index (χ1v) is 10.1. The van der Waals surface area contributed by atoms with Gasteiger partial charge in [0.2, 0.25) is 5.95 Å². The van der Waals surface area contributed by atoms with Gasteiger partial charge in [-0.3, -0.25) is 0 Å². The van der Waals surface area contributed by atoms with Crippen LogP contribution in [0.1, 0.15) is 36.3 Å². The van der Waals surface area contributed by atoms with E-state index >= 15 is 0 Å². The quantitative estimate of drug-likeness (QED) is 0.400. The minimum Gasteiger partial charge on any atom is -0.368 e. The largest absolute Gasteiger partial charge is 0.419 e. The number of nitrogens with zero attached hydrogens (tertiary/aromatic N) is 3. The zero-order valence-electron chi connectivity index (χ0n) is 17.6. The molecule has 4 aromatic rings. The molecule has 0 radical (unpaired) electrons. The molecule has 1 fully saturated rings. The number of hydrogen-bond acceptors (Lipinski definition) is 6. The van der Waals surface area contributed by atoms with Gasteiger partial charge in [-0.05, 0) is 38.3 Å². The summed E-state index contributed by atoms with van der Waals surface area (Å²) in [5.41, 5.74) is 13.1. The van der Waals surface area contributed by atoms with E-state index in [1.54, 1.807) is 13.0 Å². The van der Waals surface area contributed by atoms with Gasteiger partial charge in [0.1, 0.15) is 11.3 Å². The number of H-pyrrole nitrogens is 1. The normalized spacial score (nSPS) is 14.2. The van der Waals surface area contributed by atoms with E-state index < -0.39 is 11.7 Å². The second-order valence-electron chi connectivity index (χ2n) is 7.84. The van der Waals surface area contributed by atoms with Crippen LogP contribution in [0.2, 0.25) is 0 Å². The number of rotatable bonds is 2. The smallest absolute Gasteiger partial charge is 0.368 e. The van der Waals surface area contributed by atoms with Crippen LogP contribution in [0, 0.1) is 13.8 Å². The van der Waals surface area contributed by atoms with Crippen molar-refractivity contribution in [3.8, 4) is 22.4 Å². The number of anilines is 1. The number of nitrogen functional groups attached to an aromatic ring is 1. The first-order chi connectivity index (χ1) is 15.1. The Bertz CT molecular complexity index is 1240. The molecule has 0 spiro atoms. The number of nitrogens with two attached hydrogens (primary N) is 2. The SMILES string of the molecule is Cc1noc(C)c1-c1ccc2c(-c3nc(N)ncc3C(F)(F)F)c[nH]c2c1.NC1CCC1. The summed E-state index contributed by atoms with van der Waals surface area (Å²) in [5.74, 6) is 0.446. The molecule has 1 aromatic carbocycles. The highest BCUT2D eigenvalue weighted by Crippen LogP contribution is 2.39. The van der Waals surface area contributed by atoms with Crippen molar-refractivity contribution >= 4 is 16.9 Å². The molecule has 3 heterocycles. The number of alkyl halides is 3. The third-order valence-electron chi connectivity index (χ3n) is 5.52. The van der Waals surface area contributed by atoms with Gasteiger partial charge < -0.3 is 21.0 Å². The van der Waals surface area contributed by atoms with Crippen LogP contribution >= 0.6 is 0 Å². The summed E-state index contributed by atoms with van der Waals surface area (Å²) in [5, 5.41) is 4.52. The van der Waals surface area contributed by atoms with Crippen LogP contribution in [0.5, 0.6) is 0 Å². The second kappa shape index (κ2) is 8.27. The Morgan fingerprint density at radius 3 is 2.47 bits per heavy atom. The van der Waals surface area contributed by atoms with Crippen LogP contribution in [-0.2, 0) is 6.18 Å². The maximum absolute atomic E-state index is 13.4. The molecule has 10 heteroatoms. The Hall–Kier alpha value is -3.40. The van der Waals surface area contributed by atoms with Crippen LogP contribution in [-0.4, -0.2) is 26.2 Å². The van der Waals surface area contributed by atoms with Crippen LogP contribution in [0.3, 0.4) is 0 Å². The third kappa shape index (κ3) is 4.18. The first-order valence-electron chi connectivity index (χ1n) is 10.1. The molecule has 0 aliphatic heterocycles. The predicted octanol–water partition coefficient (Wildman–Crippen LogP) is 5.00. The van der Waals surface area contributed by atoms with Gasteiger partial charge in [0, 0.05) is 40.5 Å². The molecule has 1 aliphatic carbocycles. The van der Waals surface area contributed by atoms with E-state index in [0.29, 0.717) is 34.5 Å². The fourth-order valence-corrected chi connectivity index (χ4v) is 3.62. The molecule has 0 saturated heterocycles. The van der Waals surface area contributed by atoms with E-state index in [0.717, 1.165) is 16.8 Å². The molecule has 168 valence electrons. The van der Waals surface area contributed by atoms with Gasteiger partial charge in [0.05, 0.1) is 11.4 Å². The summed E-state index contributed by atoms with van der Waals surface area (Å²) >= 11 is 0. The lowest BCUT2D eigenvalue weighted by atomic mass is 9.95. The summed E-state index contributed by atoms with van der Waals surface area (Å²) < 4.78 is 45.3. The highest BCUT2D eigenvalue weighted by atomic mass is 19.4. The minimum absolute atomic E-state index is 0.223. The van der Waals surface area contributed by atoms with Crippen molar-refractivity contribution in [2.45, 2.75) is 45.3 Å². The fraction of sp³-hybridized carbons (Fsp3) is 0.318. The van der Waals surface area contributed by atoms with Gasteiger partial charge in [-0.15, -0.1) is 0 Å². The number of aromatic amines is 1. The summed E-state index contributed by atoms with van der Waals surface area (Å²) in [6, 6.07) is 5.95. The fourth-order valence-electron chi connectivity index (χ4n) is 3.62. The molecule has 0 atom stereocenters. The first kappa shape index (κ1) is 21.8. The van der Waals surface area contributed by atoms with E-state index in [-0.39, 0.29) is 11.6 Å². The van der Waals surface area contributed by atoms with Crippen LogP contribution in [0.4, 0.5) is 19.1 Å². The number of aryl methyl sites for hydroxylation is 2. The van der Waals surface area contributed by atoms with Crippen molar-refractivity contribution in [3.63, 3.8) is 0 Å². The average Bonchev–Trinajstić information content (AvgIpc) is 3.28. The van der Waals surface area contributed by atoms with E-state index in [4.69, 9.17) is 16.0 Å². The third-order valence-corrected chi connectivity index (χ3v) is 5.52. The molecular weight excluding hydrogens is 421 g/mol. The van der Waals surface area contributed by atoms with Gasteiger partial charge in [-0.25, -0.2) is 9.97 Å². The van der Waals surface area contributed by atoms with Crippen molar-refractivity contribution < 1.29 is 17.7 Å². The number of fused-ring (bicyclic) bond motifs is 1. The maximum atomic E-state index is 13.4. The number of nitrogens with one attached hydrogen (secondary N) is 1. The van der Waals surface area contributed by atoms with Crippen molar-refractivity contribution in [1.29, 1.82) is 0 Å². The molecule has 3 aromatic heterocycles. The Morgan fingerprint density at radius 1 is 1.19 bits per heavy atom. The molecule has 0 bridgehead atoms. The number of benzene rings is 1. The maximum Gasteiger partial charge on any atom is 0.419 e. The lowest BCUT2D eigenvalue weighted by Gasteiger charge is -2.18. The van der Waals surface area contributed by atoms with Gasteiger partial charge in [-0.1, -0.05) is 23.7 Å². The molecule has 7 nitrogen and oxygen atoms in total. The average molecular weight is 444 g/mol. The van der Waals surface area contributed by atoms with Crippen molar-refractivity contribution in [2.75, 3.05) is 5.73 Å². The Balaban J connectivity index is 0.000000433. The number of aromatic nitrogens is 4. The second-order valence-corrected chi connectivity index (χ2v) is 7.84. The van der Waals surface area contributed by atoms with E-state index in [1.165, 1.54) is 25.5 Å². The van der Waals surface area contributed by atoms with E-state index in [2.05, 4.69) is 20.1 Å².